The Hall–Kier alpha value is -1.71. The van der Waals surface area contributed by atoms with E-state index in [9.17, 15) is 4.79 Å². The molecule has 1 N–H and O–H groups in total. The summed E-state index contributed by atoms with van der Waals surface area (Å²) in [6, 6.07) is 10.9. The van der Waals surface area contributed by atoms with Gasteiger partial charge in [-0.3, -0.25) is 4.79 Å². The molecule has 0 saturated carbocycles. The smallest absolute Gasteiger partial charge is 0.236 e. The number of ether oxygens (including phenoxy) is 1. The minimum atomic E-state index is -0.434. The van der Waals surface area contributed by atoms with Crippen LogP contribution in [0.1, 0.15) is 17.0 Å². The number of fused-ring (bicyclic) bond motifs is 1. The number of anilines is 1. The predicted molar refractivity (Wildman–Crippen MR) is 79.9 cm³/mol. The second kappa shape index (κ2) is 5.00. The number of hydrogen-bond donors (Lipinski definition) is 1. The van der Waals surface area contributed by atoms with Crippen molar-refractivity contribution in [1.82, 2.24) is 0 Å². The molecule has 3 rings (SSSR count). The molecule has 1 heterocycles. The number of rotatable bonds is 2. The van der Waals surface area contributed by atoms with Gasteiger partial charge in [0, 0.05) is 11.3 Å². The summed E-state index contributed by atoms with van der Waals surface area (Å²) in [4.78, 5) is 12.3. The first-order valence-corrected chi connectivity index (χ1v) is 6.80. The molecule has 102 valence electrons. The highest BCUT2D eigenvalue weighted by Gasteiger charge is 2.34. The van der Waals surface area contributed by atoms with E-state index in [0.29, 0.717) is 21.5 Å². The molecule has 1 aliphatic rings. The Labute approximate surface area is 126 Å². The van der Waals surface area contributed by atoms with Crippen molar-refractivity contribution in [2.24, 2.45) is 0 Å². The number of amides is 1. The molecule has 2 aromatic carbocycles. The first-order chi connectivity index (χ1) is 9.61. The molecular weight excluding hydrogens is 297 g/mol. The molecule has 1 aliphatic heterocycles. The summed E-state index contributed by atoms with van der Waals surface area (Å²) in [6.07, 6.45) is 0. The number of carbonyl (C=O) groups is 1. The van der Waals surface area contributed by atoms with Gasteiger partial charge in [0.15, 0.2) is 0 Å². The van der Waals surface area contributed by atoms with E-state index >= 15 is 0 Å². The molecule has 3 nitrogen and oxygen atoms in total. The fraction of sp³-hybridized carbons (Fsp3) is 0.133. The number of nitrogens with one attached hydrogen (secondary N) is 1. The van der Waals surface area contributed by atoms with Crippen LogP contribution in [0.4, 0.5) is 5.69 Å². The van der Waals surface area contributed by atoms with Crippen LogP contribution in [0.25, 0.3) is 0 Å². The molecular formula is C15H11Cl2NO2. The van der Waals surface area contributed by atoms with Crippen LogP contribution in [0.15, 0.2) is 36.4 Å². The van der Waals surface area contributed by atoms with Crippen LogP contribution in [0.5, 0.6) is 5.75 Å². The van der Waals surface area contributed by atoms with E-state index in [4.69, 9.17) is 27.9 Å². The van der Waals surface area contributed by atoms with Crippen LogP contribution in [-0.2, 0) is 4.79 Å². The molecule has 5 heteroatoms. The summed E-state index contributed by atoms with van der Waals surface area (Å²) < 4.78 is 5.34. The monoisotopic (exact) mass is 307 g/mol. The largest absolute Gasteiger partial charge is 0.496 e. The van der Waals surface area contributed by atoms with Gasteiger partial charge >= 0.3 is 0 Å². The van der Waals surface area contributed by atoms with Crippen molar-refractivity contribution in [2.75, 3.05) is 12.4 Å². The highest BCUT2D eigenvalue weighted by molar-refractivity contribution is 6.42. The van der Waals surface area contributed by atoms with Crippen LogP contribution in [0.2, 0.25) is 10.0 Å². The molecule has 0 aromatic heterocycles. The Bertz CT molecular complexity index is 700. The van der Waals surface area contributed by atoms with E-state index < -0.39 is 5.92 Å². The zero-order valence-electron chi connectivity index (χ0n) is 10.6. The fourth-order valence-electron chi connectivity index (χ4n) is 2.47. The van der Waals surface area contributed by atoms with Gasteiger partial charge in [-0.05, 0) is 23.8 Å². The van der Waals surface area contributed by atoms with Gasteiger partial charge in [-0.2, -0.15) is 0 Å². The second-order valence-corrected chi connectivity index (χ2v) is 5.33. The van der Waals surface area contributed by atoms with Crippen molar-refractivity contribution in [1.29, 1.82) is 0 Å². The number of carbonyl (C=O) groups excluding carboxylic acids is 1. The van der Waals surface area contributed by atoms with Gasteiger partial charge in [0.1, 0.15) is 5.75 Å². The van der Waals surface area contributed by atoms with Crippen molar-refractivity contribution in [3.63, 3.8) is 0 Å². The van der Waals surface area contributed by atoms with Gasteiger partial charge in [0.2, 0.25) is 5.91 Å². The van der Waals surface area contributed by atoms with Crippen molar-refractivity contribution in [2.45, 2.75) is 5.92 Å². The summed E-state index contributed by atoms with van der Waals surface area (Å²) in [5.74, 6) is 0.130. The van der Waals surface area contributed by atoms with Gasteiger partial charge in [-0.1, -0.05) is 41.4 Å². The van der Waals surface area contributed by atoms with Crippen LogP contribution in [0.3, 0.4) is 0 Å². The lowest BCUT2D eigenvalue weighted by Gasteiger charge is -2.13. The second-order valence-electron chi connectivity index (χ2n) is 4.52. The Balaban J connectivity index is 2.17. The van der Waals surface area contributed by atoms with Crippen LogP contribution < -0.4 is 10.1 Å². The zero-order valence-corrected chi connectivity index (χ0v) is 12.1. The zero-order chi connectivity index (χ0) is 14.3. The summed E-state index contributed by atoms with van der Waals surface area (Å²) in [5, 5.41) is 3.68. The van der Waals surface area contributed by atoms with Gasteiger partial charge in [-0.15, -0.1) is 0 Å². The molecule has 1 unspecified atom stereocenters. The van der Waals surface area contributed by atoms with E-state index in [-0.39, 0.29) is 5.91 Å². The highest BCUT2D eigenvalue weighted by Crippen LogP contribution is 2.43. The number of benzene rings is 2. The molecule has 2 aromatic rings. The Kier molecular flexibility index (Phi) is 3.32. The highest BCUT2D eigenvalue weighted by atomic mass is 35.5. The number of halogens is 2. The molecule has 0 saturated heterocycles. The van der Waals surface area contributed by atoms with Crippen LogP contribution >= 0.6 is 23.2 Å². The van der Waals surface area contributed by atoms with E-state index in [0.717, 1.165) is 11.1 Å². The molecule has 0 radical (unpaired) electrons. The third-order valence-electron chi connectivity index (χ3n) is 3.37. The van der Waals surface area contributed by atoms with Gasteiger partial charge in [0.05, 0.1) is 23.1 Å². The van der Waals surface area contributed by atoms with Gasteiger partial charge in [-0.25, -0.2) is 0 Å². The normalized spacial score (nSPS) is 16.8. The SMILES string of the molecule is COc1ccccc1C1C(=O)Nc2cc(Cl)c(Cl)cc21. The van der Waals surface area contributed by atoms with Crippen LogP contribution in [0, 0.1) is 0 Å². The maximum atomic E-state index is 12.3. The third-order valence-corrected chi connectivity index (χ3v) is 4.10. The molecule has 1 amide bonds. The molecule has 0 aliphatic carbocycles. The minimum absolute atomic E-state index is 0.108. The molecule has 0 fully saturated rings. The number of para-hydroxylation sites is 1. The number of hydrogen-bond acceptors (Lipinski definition) is 2. The molecule has 0 bridgehead atoms. The van der Waals surface area contributed by atoms with E-state index in [1.54, 1.807) is 19.2 Å². The van der Waals surface area contributed by atoms with Gasteiger partial charge in [0.25, 0.3) is 0 Å². The fourth-order valence-corrected chi connectivity index (χ4v) is 2.80. The van der Waals surface area contributed by atoms with E-state index in [2.05, 4.69) is 5.32 Å². The van der Waals surface area contributed by atoms with Crippen molar-refractivity contribution in [3.05, 3.63) is 57.6 Å². The average Bonchev–Trinajstić information content (AvgIpc) is 2.74. The topological polar surface area (TPSA) is 38.3 Å². The summed E-state index contributed by atoms with van der Waals surface area (Å²) in [5.41, 5.74) is 2.32. The Morgan fingerprint density at radius 3 is 2.55 bits per heavy atom. The minimum Gasteiger partial charge on any atom is -0.496 e. The standard InChI is InChI=1S/C15H11Cl2NO2/c1-20-13-5-3-2-4-8(13)14-9-6-10(16)11(17)7-12(9)18-15(14)19/h2-7,14H,1H3,(H,18,19). The lowest BCUT2D eigenvalue weighted by molar-refractivity contribution is -0.116. The lowest BCUT2D eigenvalue weighted by atomic mass is 9.92. The maximum absolute atomic E-state index is 12.3. The summed E-state index contributed by atoms with van der Waals surface area (Å²) in [7, 11) is 1.58. The first kappa shape index (κ1) is 13.3. The van der Waals surface area contributed by atoms with E-state index in [1.165, 1.54) is 0 Å². The lowest BCUT2D eigenvalue weighted by Crippen LogP contribution is -2.14. The van der Waals surface area contributed by atoms with Gasteiger partial charge < -0.3 is 10.1 Å². The predicted octanol–water partition coefficient (Wildman–Crippen LogP) is 4.09. The first-order valence-electron chi connectivity index (χ1n) is 6.04. The van der Waals surface area contributed by atoms with Crippen molar-refractivity contribution < 1.29 is 9.53 Å². The molecule has 0 spiro atoms. The van der Waals surface area contributed by atoms with Crippen molar-refractivity contribution in [3.8, 4) is 5.75 Å². The Morgan fingerprint density at radius 2 is 1.80 bits per heavy atom. The maximum Gasteiger partial charge on any atom is 0.236 e. The average molecular weight is 308 g/mol. The van der Waals surface area contributed by atoms with E-state index in [1.807, 2.05) is 24.3 Å². The quantitative estimate of drug-likeness (QED) is 0.907. The molecule has 1 atom stereocenters. The van der Waals surface area contributed by atoms with Crippen LogP contribution in [-0.4, -0.2) is 13.0 Å². The summed E-state index contributed by atoms with van der Waals surface area (Å²) >= 11 is 12.0. The third kappa shape index (κ3) is 2.03. The molecule has 20 heavy (non-hydrogen) atoms. The Morgan fingerprint density at radius 1 is 1.10 bits per heavy atom. The summed E-state index contributed by atoms with van der Waals surface area (Å²) in [6.45, 7) is 0. The van der Waals surface area contributed by atoms with Crippen molar-refractivity contribution >= 4 is 34.8 Å². The number of methoxy groups -OCH3 is 1.